The molecule has 0 unspecified atom stereocenters. The van der Waals surface area contributed by atoms with E-state index in [0.717, 1.165) is 40.6 Å². The van der Waals surface area contributed by atoms with Gasteiger partial charge in [0, 0.05) is 34.9 Å². The molecule has 204 valence electrons. The molecule has 1 fully saturated rings. The number of nitrogens with zero attached hydrogens (tertiary/aromatic N) is 4. The summed E-state index contributed by atoms with van der Waals surface area (Å²) >= 11 is 12.2. The van der Waals surface area contributed by atoms with Crippen LogP contribution in [-0.2, 0) is 15.6 Å². The summed E-state index contributed by atoms with van der Waals surface area (Å²) in [5, 5.41) is 4.67. The monoisotopic (exact) mass is 583 g/mol. The SMILES string of the molecule is Cc1nc(CS(=O)(=O)c2cccc(Cl)c2Cl)ccc1-c1ccc2nc(NC3CCC(N(C)C)CC3)ncc2c1. The number of aryl methyl sites for hydroxylation is 1. The van der Waals surface area contributed by atoms with Gasteiger partial charge < -0.3 is 10.2 Å². The lowest BCUT2D eigenvalue weighted by Gasteiger charge is -2.32. The minimum Gasteiger partial charge on any atom is -0.351 e. The lowest BCUT2D eigenvalue weighted by molar-refractivity contribution is 0.221. The molecule has 2 heterocycles. The lowest BCUT2D eigenvalue weighted by Crippen LogP contribution is -2.36. The van der Waals surface area contributed by atoms with Gasteiger partial charge in [0.2, 0.25) is 5.95 Å². The summed E-state index contributed by atoms with van der Waals surface area (Å²) in [5.41, 5.74) is 3.91. The first-order valence-corrected chi connectivity index (χ1v) is 15.3. The van der Waals surface area contributed by atoms with Crippen LogP contribution in [0.25, 0.3) is 22.0 Å². The molecule has 10 heteroatoms. The third-order valence-electron chi connectivity index (χ3n) is 7.38. The molecule has 0 saturated heterocycles. The zero-order valence-electron chi connectivity index (χ0n) is 22.2. The molecule has 1 saturated carbocycles. The van der Waals surface area contributed by atoms with Crippen LogP contribution in [-0.4, -0.2) is 54.4 Å². The summed E-state index contributed by atoms with van der Waals surface area (Å²) < 4.78 is 26.0. The maximum absolute atomic E-state index is 13.0. The van der Waals surface area contributed by atoms with Gasteiger partial charge in [0.15, 0.2) is 9.84 Å². The number of anilines is 1. The molecule has 0 radical (unpaired) electrons. The second-order valence-electron chi connectivity index (χ2n) is 10.3. The average Bonchev–Trinajstić information content (AvgIpc) is 2.90. The average molecular weight is 585 g/mol. The van der Waals surface area contributed by atoms with E-state index in [1.807, 2.05) is 37.4 Å². The van der Waals surface area contributed by atoms with Crippen molar-refractivity contribution >= 4 is 49.9 Å². The van der Waals surface area contributed by atoms with Crippen LogP contribution in [0.5, 0.6) is 0 Å². The van der Waals surface area contributed by atoms with Gasteiger partial charge in [-0.1, -0.05) is 41.4 Å². The van der Waals surface area contributed by atoms with Gasteiger partial charge in [0.1, 0.15) is 0 Å². The van der Waals surface area contributed by atoms with Crippen LogP contribution in [0.2, 0.25) is 10.0 Å². The third-order valence-corrected chi connectivity index (χ3v) is 10.0. The Balaban J connectivity index is 1.31. The van der Waals surface area contributed by atoms with E-state index >= 15 is 0 Å². The Bertz CT molecular complexity index is 1620. The highest BCUT2D eigenvalue weighted by Crippen LogP contribution is 2.32. The van der Waals surface area contributed by atoms with E-state index in [0.29, 0.717) is 23.7 Å². The Kier molecular flexibility index (Phi) is 8.10. The van der Waals surface area contributed by atoms with E-state index in [1.165, 1.54) is 18.9 Å². The molecular weight excluding hydrogens is 553 g/mol. The number of hydrogen-bond donors (Lipinski definition) is 1. The summed E-state index contributed by atoms with van der Waals surface area (Å²) in [5.74, 6) is 0.388. The predicted molar refractivity (Wildman–Crippen MR) is 158 cm³/mol. The van der Waals surface area contributed by atoms with Crippen molar-refractivity contribution in [2.45, 2.75) is 55.3 Å². The molecule has 1 N–H and O–H groups in total. The first-order chi connectivity index (χ1) is 18.6. The molecule has 4 aromatic rings. The van der Waals surface area contributed by atoms with Crippen molar-refractivity contribution in [1.82, 2.24) is 19.9 Å². The van der Waals surface area contributed by atoms with Gasteiger partial charge in [-0.15, -0.1) is 0 Å². The highest BCUT2D eigenvalue weighted by Gasteiger charge is 2.23. The van der Waals surface area contributed by atoms with Gasteiger partial charge in [-0.2, -0.15) is 0 Å². The molecule has 5 rings (SSSR count). The summed E-state index contributed by atoms with van der Waals surface area (Å²) in [4.78, 5) is 16.2. The largest absolute Gasteiger partial charge is 0.351 e. The van der Waals surface area contributed by atoms with Crippen LogP contribution in [0.1, 0.15) is 37.1 Å². The van der Waals surface area contributed by atoms with Crippen LogP contribution in [0, 0.1) is 6.92 Å². The molecule has 0 bridgehead atoms. The van der Waals surface area contributed by atoms with Crippen LogP contribution in [0.15, 0.2) is 59.6 Å². The lowest BCUT2D eigenvalue weighted by atomic mass is 9.91. The normalized spacial score (nSPS) is 18.0. The van der Waals surface area contributed by atoms with E-state index in [2.05, 4.69) is 34.3 Å². The summed E-state index contributed by atoms with van der Waals surface area (Å²) in [6.45, 7) is 1.87. The second-order valence-corrected chi connectivity index (χ2v) is 13.1. The fraction of sp³-hybridized carbons (Fsp3) is 0.345. The second kappa shape index (κ2) is 11.4. The van der Waals surface area contributed by atoms with E-state index < -0.39 is 9.84 Å². The predicted octanol–water partition coefficient (Wildman–Crippen LogP) is 6.57. The minimum absolute atomic E-state index is 0.00447. The summed E-state index contributed by atoms with van der Waals surface area (Å²) in [6.07, 6.45) is 6.41. The molecule has 2 aromatic carbocycles. The first-order valence-electron chi connectivity index (χ1n) is 12.9. The summed E-state index contributed by atoms with van der Waals surface area (Å²) in [7, 11) is 0.580. The number of aromatic nitrogens is 3. The number of hydrogen-bond acceptors (Lipinski definition) is 7. The smallest absolute Gasteiger partial charge is 0.223 e. The zero-order chi connectivity index (χ0) is 27.7. The Morgan fingerprint density at radius 1 is 1.00 bits per heavy atom. The molecule has 39 heavy (non-hydrogen) atoms. The van der Waals surface area contributed by atoms with Crippen LogP contribution in [0.3, 0.4) is 0 Å². The number of halogens is 2. The van der Waals surface area contributed by atoms with Crippen molar-refractivity contribution in [2.24, 2.45) is 0 Å². The molecule has 0 amide bonds. The van der Waals surface area contributed by atoms with Crippen molar-refractivity contribution in [2.75, 3.05) is 19.4 Å². The molecule has 0 aliphatic heterocycles. The number of benzene rings is 2. The Morgan fingerprint density at radius 2 is 1.77 bits per heavy atom. The zero-order valence-corrected chi connectivity index (χ0v) is 24.5. The number of sulfone groups is 1. The Labute approximate surface area is 239 Å². The number of nitrogens with one attached hydrogen (secondary N) is 1. The Hall–Kier alpha value is -2.78. The van der Waals surface area contributed by atoms with Gasteiger partial charge >= 0.3 is 0 Å². The standard InChI is InChI=1S/C29H31Cl2N5O2S/c1-18-24(13-10-22(33-18)17-39(37,38)27-6-4-5-25(30)28(27)31)19-7-14-26-20(15-19)16-32-29(35-26)34-21-8-11-23(12-9-21)36(2)3/h4-7,10,13-16,21,23H,8-9,11-12,17H2,1-3H3,(H,32,34,35). The minimum atomic E-state index is -3.71. The molecule has 1 aliphatic carbocycles. The molecule has 7 nitrogen and oxygen atoms in total. The van der Waals surface area contributed by atoms with Gasteiger partial charge in [0.25, 0.3) is 0 Å². The quantitative estimate of drug-likeness (QED) is 0.263. The fourth-order valence-corrected chi connectivity index (χ4v) is 7.27. The first kappa shape index (κ1) is 27.8. The maximum Gasteiger partial charge on any atom is 0.223 e. The highest BCUT2D eigenvalue weighted by atomic mass is 35.5. The van der Waals surface area contributed by atoms with Gasteiger partial charge in [-0.05, 0) is 82.6 Å². The molecule has 0 atom stereocenters. The third kappa shape index (κ3) is 6.19. The van der Waals surface area contributed by atoms with E-state index in [-0.39, 0.29) is 20.7 Å². The van der Waals surface area contributed by atoms with Crippen molar-refractivity contribution in [1.29, 1.82) is 0 Å². The van der Waals surface area contributed by atoms with Crippen molar-refractivity contribution in [3.63, 3.8) is 0 Å². The van der Waals surface area contributed by atoms with Gasteiger partial charge in [0.05, 0.1) is 31.9 Å². The topological polar surface area (TPSA) is 88.1 Å². The van der Waals surface area contributed by atoms with Crippen LogP contribution < -0.4 is 5.32 Å². The molecule has 2 aromatic heterocycles. The highest BCUT2D eigenvalue weighted by molar-refractivity contribution is 7.90. The number of rotatable bonds is 7. The fourth-order valence-electron chi connectivity index (χ4n) is 5.18. The summed E-state index contributed by atoms with van der Waals surface area (Å²) in [6, 6.07) is 15.3. The van der Waals surface area contributed by atoms with Gasteiger partial charge in [-0.25, -0.2) is 18.4 Å². The van der Waals surface area contributed by atoms with Crippen LogP contribution >= 0.6 is 23.2 Å². The van der Waals surface area contributed by atoms with Crippen molar-refractivity contribution in [3.8, 4) is 11.1 Å². The Morgan fingerprint density at radius 3 is 2.49 bits per heavy atom. The van der Waals surface area contributed by atoms with E-state index in [1.54, 1.807) is 18.2 Å². The van der Waals surface area contributed by atoms with Gasteiger partial charge in [-0.3, -0.25) is 4.98 Å². The maximum atomic E-state index is 13.0. The molecule has 0 spiro atoms. The van der Waals surface area contributed by atoms with E-state index in [9.17, 15) is 8.42 Å². The van der Waals surface area contributed by atoms with Crippen molar-refractivity contribution in [3.05, 3.63) is 76.2 Å². The van der Waals surface area contributed by atoms with Crippen LogP contribution in [0.4, 0.5) is 5.95 Å². The number of pyridine rings is 1. The molecule has 1 aliphatic rings. The number of fused-ring (bicyclic) bond motifs is 1. The van der Waals surface area contributed by atoms with Crippen molar-refractivity contribution < 1.29 is 8.42 Å². The molecular formula is C29H31Cl2N5O2S. The van der Waals surface area contributed by atoms with E-state index in [4.69, 9.17) is 28.2 Å².